The van der Waals surface area contributed by atoms with Crippen LogP contribution in [0.25, 0.3) is 0 Å². The minimum absolute atomic E-state index is 0.347. The van der Waals surface area contributed by atoms with Gasteiger partial charge in [0.1, 0.15) is 11.9 Å². The average molecular weight is 452 g/mol. The molecule has 0 radical (unpaired) electrons. The van der Waals surface area contributed by atoms with Crippen LogP contribution in [-0.4, -0.2) is 81.1 Å². The number of nitrogens with zero attached hydrogens (tertiary/aromatic N) is 4. The summed E-state index contributed by atoms with van der Waals surface area (Å²) in [6.07, 6.45) is 3.52. The molecule has 0 unspecified atom stereocenters. The van der Waals surface area contributed by atoms with Gasteiger partial charge in [0.25, 0.3) is 0 Å². The Hall–Kier alpha value is -2.15. The fraction of sp³-hybridized carbons (Fsp3) is 0.591. The molecule has 0 aliphatic carbocycles. The number of aliphatic hydroxyl groups excluding tert-OH is 1. The largest absolute Gasteiger partial charge is 0.375 e. The highest BCUT2D eigenvalue weighted by Gasteiger charge is 2.20. The Kier molecular flexibility index (Phi) is 12.8. The summed E-state index contributed by atoms with van der Waals surface area (Å²) in [7, 11) is 7.54. The Morgan fingerprint density at radius 1 is 1.48 bits per heavy atom. The van der Waals surface area contributed by atoms with E-state index in [1.165, 1.54) is 23.9 Å². The Morgan fingerprint density at radius 3 is 2.68 bits per heavy atom. The van der Waals surface area contributed by atoms with Crippen LogP contribution in [0.4, 0.5) is 10.1 Å². The van der Waals surface area contributed by atoms with Crippen molar-refractivity contribution in [1.29, 1.82) is 5.26 Å². The normalized spacial score (nSPS) is 15.5. The van der Waals surface area contributed by atoms with Crippen LogP contribution in [0.1, 0.15) is 24.8 Å². The lowest BCUT2D eigenvalue weighted by Crippen LogP contribution is -2.37. The zero-order valence-electron chi connectivity index (χ0n) is 18.8. The smallest absolute Gasteiger partial charge is 0.158 e. The molecule has 0 saturated carbocycles. The summed E-state index contributed by atoms with van der Waals surface area (Å²) in [6, 6.07) is 6.53. The monoisotopic (exact) mass is 451 g/mol. The molecule has 7 nitrogen and oxygen atoms in total. The second kappa shape index (κ2) is 14.8. The van der Waals surface area contributed by atoms with Gasteiger partial charge >= 0.3 is 0 Å². The first-order valence-corrected chi connectivity index (χ1v) is 11.4. The number of piperidine rings is 1. The highest BCUT2D eigenvalue weighted by molar-refractivity contribution is 8.00. The van der Waals surface area contributed by atoms with Gasteiger partial charge in [0.2, 0.25) is 0 Å². The first-order chi connectivity index (χ1) is 14.9. The van der Waals surface area contributed by atoms with Crippen LogP contribution in [0.15, 0.2) is 23.2 Å². The van der Waals surface area contributed by atoms with Gasteiger partial charge in [-0.2, -0.15) is 5.26 Å². The van der Waals surface area contributed by atoms with Gasteiger partial charge in [-0.1, -0.05) is 0 Å². The van der Waals surface area contributed by atoms with Gasteiger partial charge in [-0.25, -0.2) is 4.39 Å². The van der Waals surface area contributed by atoms with Crippen molar-refractivity contribution in [3.8, 4) is 6.07 Å². The number of hydrogen-bond donors (Lipinski definition) is 2. The second-order valence-electron chi connectivity index (χ2n) is 7.44. The topological polar surface area (TPSA) is 92.0 Å². The number of aliphatic imine (C=N–C) groups is 1. The molecule has 1 saturated heterocycles. The van der Waals surface area contributed by atoms with Crippen LogP contribution in [-0.2, 0) is 4.79 Å². The minimum atomic E-state index is -0.903. The number of anilines is 1. The van der Waals surface area contributed by atoms with Crippen molar-refractivity contribution in [3.63, 3.8) is 0 Å². The number of nitrogens with one attached hydrogen (secondary N) is 1. The minimum Gasteiger partial charge on any atom is -0.375 e. The quantitative estimate of drug-likeness (QED) is 0.271. The molecule has 2 rings (SSSR count). The predicted molar refractivity (Wildman–Crippen MR) is 126 cm³/mol. The van der Waals surface area contributed by atoms with Crippen LogP contribution < -0.4 is 10.2 Å². The molecule has 1 aliphatic heterocycles. The lowest BCUT2D eigenvalue weighted by Gasteiger charge is -2.34. The molecule has 1 aliphatic rings. The van der Waals surface area contributed by atoms with Gasteiger partial charge in [-0.05, 0) is 50.6 Å². The van der Waals surface area contributed by atoms with E-state index < -0.39 is 5.44 Å². The van der Waals surface area contributed by atoms with Crippen LogP contribution >= 0.6 is 11.8 Å². The fourth-order valence-corrected chi connectivity index (χ4v) is 4.01. The van der Waals surface area contributed by atoms with Crippen LogP contribution in [0.3, 0.4) is 0 Å². The van der Waals surface area contributed by atoms with Crippen molar-refractivity contribution in [2.45, 2.75) is 24.7 Å². The van der Waals surface area contributed by atoms with E-state index in [4.69, 9.17) is 10.4 Å². The number of benzene rings is 1. The Balaban J connectivity index is 0.000000330. The Bertz CT molecular complexity index is 746. The zero-order chi connectivity index (χ0) is 23.2. The van der Waals surface area contributed by atoms with E-state index >= 15 is 0 Å². The SMILES string of the molecule is CN=C(CCS[C@@H](O)C=O)N(C)C.CNCC1CCN(c2ccc(F)cc2C#N)CC1. The molecular weight excluding hydrogens is 417 g/mol. The van der Waals surface area contributed by atoms with Crippen molar-refractivity contribution in [3.05, 3.63) is 29.6 Å². The van der Waals surface area contributed by atoms with E-state index in [-0.39, 0.29) is 5.82 Å². The molecule has 1 aromatic carbocycles. The molecule has 172 valence electrons. The predicted octanol–water partition coefficient (Wildman–Crippen LogP) is 2.35. The molecule has 1 heterocycles. The highest BCUT2D eigenvalue weighted by Crippen LogP contribution is 2.26. The number of carbonyl (C=O) groups excluding carboxylic acids is 1. The van der Waals surface area contributed by atoms with Crippen molar-refractivity contribution in [2.75, 3.05) is 58.5 Å². The van der Waals surface area contributed by atoms with Gasteiger partial charge in [-0.3, -0.25) is 9.79 Å². The number of nitriles is 1. The van der Waals surface area contributed by atoms with E-state index in [0.29, 0.717) is 23.5 Å². The Labute approximate surface area is 189 Å². The average Bonchev–Trinajstić information content (AvgIpc) is 2.77. The summed E-state index contributed by atoms with van der Waals surface area (Å²) in [5.41, 5.74) is 0.393. The standard InChI is InChI=1S/C14H18FN3.C8H16N2O2S/c1-17-10-11-4-6-18(7-5-11)14-3-2-13(15)8-12(14)9-16;1-9-7(10(2)3)4-5-13-8(12)6-11/h2-3,8,11,17H,4-7,10H2,1H3;6,8,12H,4-5H2,1-3H3/t;8-/m.1/s1. The summed E-state index contributed by atoms with van der Waals surface area (Å²) in [4.78, 5) is 18.3. The lowest BCUT2D eigenvalue weighted by atomic mass is 9.96. The van der Waals surface area contributed by atoms with Gasteiger partial charge in [-0.15, -0.1) is 11.8 Å². The summed E-state index contributed by atoms with van der Waals surface area (Å²) >= 11 is 1.22. The van der Waals surface area contributed by atoms with Crippen LogP contribution in [0.5, 0.6) is 0 Å². The van der Waals surface area contributed by atoms with Crippen molar-refractivity contribution >= 4 is 29.6 Å². The van der Waals surface area contributed by atoms with Gasteiger partial charge in [0.05, 0.1) is 17.1 Å². The molecule has 2 N–H and O–H groups in total. The van der Waals surface area contributed by atoms with Crippen LogP contribution in [0, 0.1) is 23.1 Å². The third-order valence-corrected chi connectivity index (χ3v) is 5.92. The maximum atomic E-state index is 13.1. The number of hydrogen-bond acceptors (Lipinski definition) is 7. The second-order valence-corrected chi connectivity index (χ2v) is 8.67. The molecule has 0 spiro atoms. The van der Waals surface area contributed by atoms with E-state index in [1.807, 2.05) is 26.0 Å². The molecule has 9 heteroatoms. The number of halogens is 1. The van der Waals surface area contributed by atoms with Gasteiger partial charge in [0, 0.05) is 46.4 Å². The van der Waals surface area contributed by atoms with E-state index in [9.17, 15) is 9.18 Å². The molecule has 0 aromatic heterocycles. The number of aldehydes is 1. The van der Waals surface area contributed by atoms with E-state index in [2.05, 4.69) is 21.3 Å². The van der Waals surface area contributed by atoms with Crippen LogP contribution in [0.2, 0.25) is 0 Å². The van der Waals surface area contributed by atoms with Crippen molar-refractivity contribution in [1.82, 2.24) is 10.2 Å². The lowest BCUT2D eigenvalue weighted by molar-refractivity contribution is -0.111. The van der Waals surface area contributed by atoms with E-state index in [1.54, 1.807) is 13.1 Å². The summed E-state index contributed by atoms with van der Waals surface area (Å²) in [5.74, 6) is 2.02. The maximum Gasteiger partial charge on any atom is 0.158 e. The fourth-order valence-electron chi connectivity index (χ4n) is 3.39. The highest BCUT2D eigenvalue weighted by atomic mass is 32.2. The Morgan fingerprint density at radius 2 is 2.16 bits per heavy atom. The number of carbonyl (C=O) groups is 1. The summed E-state index contributed by atoms with van der Waals surface area (Å²) in [6.45, 7) is 2.92. The van der Waals surface area contributed by atoms with Gasteiger partial charge < -0.3 is 20.2 Å². The molecule has 0 amide bonds. The van der Waals surface area contributed by atoms with Crippen molar-refractivity contribution < 1.29 is 14.3 Å². The zero-order valence-corrected chi connectivity index (χ0v) is 19.7. The summed E-state index contributed by atoms with van der Waals surface area (Å²) in [5, 5.41) is 21.2. The molecule has 1 aromatic rings. The molecule has 31 heavy (non-hydrogen) atoms. The molecular formula is C22H34FN5O2S. The number of thioether (sulfide) groups is 1. The molecule has 1 fully saturated rings. The van der Waals surface area contributed by atoms with E-state index in [0.717, 1.165) is 50.4 Å². The number of rotatable bonds is 8. The number of aliphatic hydroxyl groups is 1. The van der Waals surface area contributed by atoms with Gasteiger partial charge in [0.15, 0.2) is 11.7 Å². The maximum absolute atomic E-state index is 13.1. The molecule has 0 bridgehead atoms. The summed E-state index contributed by atoms with van der Waals surface area (Å²) < 4.78 is 13.1. The molecule has 1 atom stereocenters. The third-order valence-electron chi connectivity index (χ3n) is 5.03. The third kappa shape index (κ3) is 9.68. The first kappa shape index (κ1) is 26.9. The first-order valence-electron chi connectivity index (χ1n) is 10.3. The van der Waals surface area contributed by atoms with Crippen molar-refractivity contribution in [2.24, 2.45) is 10.9 Å². The number of amidine groups is 1.